The molecule has 1 aromatic heterocycles. The molecule has 1 aromatic carbocycles. The molecule has 3 nitrogen and oxygen atoms in total. The molecular weight excluding hydrogens is 218 g/mol. The summed E-state index contributed by atoms with van der Waals surface area (Å²) in [4.78, 5) is 6.92. The van der Waals surface area contributed by atoms with Crippen LogP contribution >= 0.6 is 11.5 Å². The molecule has 0 amide bonds. The molecule has 0 radical (unpaired) electrons. The van der Waals surface area contributed by atoms with Crippen LogP contribution in [0.4, 0.5) is 5.13 Å². The van der Waals surface area contributed by atoms with Crippen molar-refractivity contribution in [2.24, 2.45) is 0 Å². The summed E-state index contributed by atoms with van der Waals surface area (Å²) in [5, 5.41) is 1.07. The van der Waals surface area contributed by atoms with E-state index in [1.54, 1.807) is 0 Å². The number of anilines is 1. The normalized spacial score (nSPS) is 15.6. The minimum atomic E-state index is 0.854. The molecule has 4 heteroatoms. The lowest BCUT2D eigenvalue weighted by Gasteiger charge is -2.11. The molecule has 16 heavy (non-hydrogen) atoms. The van der Waals surface area contributed by atoms with Gasteiger partial charge >= 0.3 is 0 Å². The van der Waals surface area contributed by atoms with Crippen LogP contribution in [0.3, 0.4) is 0 Å². The van der Waals surface area contributed by atoms with E-state index < -0.39 is 0 Å². The summed E-state index contributed by atoms with van der Waals surface area (Å²) in [5.74, 6) is 0.854. The number of rotatable bonds is 2. The molecule has 1 fully saturated rings. The number of hydrogen-bond donors (Lipinski definition) is 0. The summed E-state index contributed by atoms with van der Waals surface area (Å²) in [6, 6.07) is 10.2. The largest absolute Gasteiger partial charge is 0.347 e. The van der Waals surface area contributed by atoms with Gasteiger partial charge in [0.2, 0.25) is 5.13 Å². The Bertz CT molecular complexity index is 460. The van der Waals surface area contributed by atoms with E-state index in [0.717, 1.165) is 29.6 Å². The Balaban J connectivity index is 1.87. The number of benzene rings is 1. The van der Waals surface area contributed by atoms with Crippen LogP contribution in [0.5, 0.6) is 0 Å². The van der Waals surface area contributed by atoms with Crippen molar-refractivity contribution >= 4 is 16.7 Å². The van der Waals surface area contributed by atoms with E-state index in [4.69, 9.17) is 0 Å². The molecule has 0 unspecified atom stereocenters. The Morgan fingerprint density at radius 2 is 1.81 bits per heavy atom. The fourth-order valence-corrected chi connectivity index (χ4v) is 2.70. The van der Waals surface area contributed by atoms with Gasteiger partial charge in [-0.05, 0) is 12.8 Å². The van der Waals surface area contributed by atoms with Crippen molar-refractivity contribution in [2.45, 2.75) is 12.8 Å². The molecule has 0 N–H and O–H groups in total. The van der Waals surface area contributed by atoms with Crippen molar-refractivity contribution in [1.29, 1.82) is 0 Å². The molecule has 0 bridgehead atoms. The summed E-state index contributed by atoms with van der Waals surface area (Å²) in [5.41, 5.74) is 1.10. The van der Waals surface area contributed by atoms with E-state index in [-0.39, 0.29) is 0 Å². The minimum Gasteiger partial charge on any atom is -0.347 e. The molecule has 3 rings (SSSR count). The fraction of sp³-hybridized carbons (Fsp3) is 0.333. The van der Waals surface area contributed by atoms with Gasteiger partial charge in [0.25, 0.3) is 0 Å². The zero-order valence-corrected chi connectivity index (χ0v) is 9.78. The zero-order chi connectivity index (χ0) is 10.8. The average Bonchev–Trinajstić information content (AvgIpc) is 3.01. The highest BCUT2D eigenvalue weighted by Gasteiger charge is 2.16. The van der Waals surface area contributed by atoms with Gasteiger partial charge in [0.15, 0.2) is 5.82 Å². The highest BCUT2D eigenvalue weighted by molar-refractivity contribution is 7.09. The van der Waals surface area contributed by atoms with Gasteiger partial charge in [0.05, 0.1) is 0 Å². The van der Waals surface area contributed by atoms with Crippen LogP contribution < -0.4 is 4.90 Å². The predicted octanol–water partition coefficient (Wildman–Crippen LogP) is 2.81. The first-order valence-electron chi connectivity index (χ1n) is 5.57. The maximum absolute atomic E-state index is 4.60. The van der Waals surface area contributed by atoms with E-state index in [2.05, 4.69) is 26.4 Å². The highest BCUT2D eigenvalue weighted by Crippen LogP contribution is 2.26. The Kier molecular flexibility index (Phi) is 2.58. The SMILES string of the molecule is c1ccc(-c2nsc(N3CCCC3)n2)cc1. The number of hydrogen-bond acceptors (Lipinski definition) is 4. The van der Waals surface area contributed by atoms with Crippen LogP contribution in [0.1, 0.15) is 12.8 Å². The first kappa shape index (κ1) is 9.78. The Morgan fingerprint density at radius 1 is 1.06 bits per heavy atom. The van der Waals surface area contributed by atoms with Gasteiger partial charge < -0.3 is 4.90 Å². The van der Waals surface area contributed by atoms with E-state index >= 15 is 0 Å². The van der Waals surface area contributed by atoms with E-state index in [1.807, 2.05) is 18.2 Å². The fourth-order valence-electron chi connectivity index (χ4n) is 1.96. The maximum atomic E-state index is 4.60. The van der Waals surface area contributed by atoms with Crippen LogP contribution in [0.15, 0.2) is 30.3 Å². The molecule has 2 heterocycles. The van der Waals surface area contributed by atoms with Crippen molar-refractivity contribution in [3.63, 3.8) is 0 Å². The first-order chi connectivity index (χ1) is 7.93. The molecule has 1 aliphatic rings. The zero-order valence-electron chi connectivity index (χ0n) is 8.97. The summed E-state index contributed by atoms with van der Waals surface area (Å²) in [7, 11) is 0. The van der Waals surface area contributed by atoms with E-state index in [1.165, 1.54) is 24.4 Å². The molecule has 2 aromatic rings. The van der Waals surface area contributed by atoms with E-state index in [0.29, 0.717) is 0 Å². The van der Waals surface area contributed by atoms with Crippen LogP contribution in [-0.2, 0) is 0 Å². The predicted molar refractivity (Wildman–Crippen MR) is 66.8 cm³/mol. The monoisotopic (exact) mass is 231 g/mol. The molecule has 0 aliphatic carbocycles. The van der Waals surface area contributed by atoms with Crippen molar-refractivity contribution in [2.75, 3.05) is 18.0 Å². The number of aromatic nitrogens is 2. The van der Waals surface area contributed by atoms with Gasteiger partial charge in [-0.15, -0.1) is 0 Å². The second kappa shape index (κ2) is 4.22. The average molecular weight is 231 g/mol. The van der Waals surface area contributed by atoms with Crippen LogP contribution in [0.2, 0.25) is 0 Å². The second-order valence-corrected chi connectivity index (χ2v) is 4.69. The Labute approximate surface area is 98.9 Å². The van der Waals surface area contributed by atoms with Gasteiger partial charge in [-0.1, -0.05) is 30.3 Å². The summed E-state index contributed by atoms with van der Waals surface area (Å²) >= 11 is 1.51. The van der Waals surface area contributed by atoms with Crippen molar-refractivity contribution in [3.05, 3.63) is 30.3 Å². The summed E-state index contributed by atoms with van der Waals surface area (Å²) in [6.07, 6.45) is 2.56. The van der Waals surface area contributed by atoms with Gasteiger partial charge in [0.1, 0.15) is 0 Å². The van der Waals surface area contributed by atoms with Crippen molar-refractivity contribution in [3.8, 4) is 11.4 Å². The quantitative estimate of drug-likeness (QED) is 0.796. The maximum Gasteiger partial charge on any atom is 0.205 e. The smallest absolute Gasteiger partial charge is 0.205 e. The van der Waals surface area contributed by atoms with Crippen molar-refractivity contribution < 1.29 is 0 Å². The topological polar surface area (TPSA) is 29.0 Å². The van der Waals surface area contributed by atoms with Gasteiger partial charge in [-0.3, -0.25) is 0 Å². The summed E-state index contributed by atoms with van der Waals surface area (Å²) < 4.78 is 4.42. The molecule has 1 aliphatic heterocycles. The standard InChI is InChI=1S/C12H13N3S/c1-2-6-10(7-3-1)11-13-12(16-14-11)15-8-4-5-9-15/h1-3,6-7H,4-5,8-9H2. The van der Waals surface area contributed by atoms with Gasteiger partial charge in [-0.2, -0.15) is 9.36 Å². The lowest BCUT2D eigenvalue weighted by atomic mass is 10.2. The Morgan fingerprint density at radius 3 is 2.56 bits per heavy atom. The molecule has 1 saturated heterocycles. The minimum absolute atomic E-state index is 0.854. The van der Waals surface area contributed by atoms with Gasteiger partial charge in [0, 0.05) is 30.2 Å². The van der Waals surface area contributed by atoms with E-state index in [9.17, 15) is 0 Å². The highest BCUT2D eigenvalue weighted by atomic mass is 32.1. The molecular formula is C12H13N3S. The van der Waals surface area contributed by atoms with Crippen molar-refractivity contribution in [1.82, 2.24) is 9.36 Å². The molecule has 82 valence electrons. The summed E-state index contributed by atoms with van der Waals surface area (Å²) in [6.45, 7) is 2.26. The lowest BCUT2D eigenvalue weighted by Crippen LogP contribution is -2.17. The lowest BCUT2D eigenvalue weighted by molar-refractivity contribution is 0.949. The molecule has 0 saturated carbocycles. The molecule has 0 spiro atoms. The Hall–Kier alpha value is -1.42. The third-order valence-electron chi connectivity index (χ3n) is 2.82. The number of nitrogens with zero attached hydrogens (tertiary/aromatic N) is 3. The second-order valence-electron chi connectivity index (χ2n) is 3.96. The van der Waals surface area contributed by atoms with Crippen LogP contribution in [-0.4, -0.2) is 22.4 Å². The third-order valence-corrected chi connectivity index (χ3v) is 3.60. The third kappa shape index (κ3) is 1.80. The van der Waals surface area contributed by atoms with Crippen LogP contribution in [0.25, 0.3) is 11.4 Å². The van der Waals surface area contributed by atoms with Gasteiger partial charge in [-0.25, -0.2) is 0 Å². The first-order valence-corrected chi connectivity index (χ1v) is 6.35. The van der Waals surface area contributed by atoms with Crippen LogP contribution in [0, 0.1) is 0 Å². The molecule has 0 atom stereocenters.